The third kappa shape index (κ3) is 2.90. The fraction of sp³-hybridized carbons (Fsp3) is 0.0556. The van der Waals surface area contributed by atoms with Crippen molar-refractivity contribution in [2.45, 2.75) is 6.42 Å². The van der Waals surface area contributed by atoms with Crippen LogP contribution in [0.4, 0.5) is 8.78 Å². The van der Waals surface area contributed by atoms with Crippen LogP contribution in [0.25, 0.3) is 20.7 Å². The van der Waals surface area contributed by atoms with Gasteiger partial charge in [0.15, 0.2) is 0 Å². The quantitative estimate of drug-likeness (QED) is 0.452. The number of halogens is 2. The topological polar surface area (TPSA) is 12.9 Å². The molecule has 4 rings (SSSR count). The Morgan fingerprint density at radius 3 is 2.48 bits per heavy atom. The zero-order chi connectivity index (χ0) is 15.8. The van der Waals surface area contributed by atoms with E-state index in [-0.39, 0.29) is 11.6 Å². The first-order chi connectivity index (χ1) is 11.2. The molecule has 2 aromatic heterocycles. The Morgan fingerprint density at radius 2 is 1.70 bits per heavy atom. The second kappa shape index (κ2) is 5.83. The average molecular weight is 343 g/mol. The van der Waals surface area contributed by atoms with Crippen LogP contribution >= 0.6 is 22.7 Å². The molecular weight excluding hydrogens is 332 g/mol. The average Bonchev–Trinajstić information content (AvgIpc) is 3.16. The number of fused-ring (bicyclic) bond motifs is 1. The number of thiophene rings is 1. The number of rotatable bonds is 3. The van der Waals surface area contributed by atoms with Crippen molar-refractivity contribution in [3.8, 4) is 10.4 Å². The first-order valence-electron chi connectivity index (χ1n) is 7.07. The van der Waals surface area contributed by atoms with Crippen molar-refractivity contribution < 1.29 is 8.78 Å². The van der Waals surface area contributed by atoms with Gasteiger partial charge in [-0.05, 0) is 42.0 Å². The highest BCUT2D eigenvalue weighted by Gasteiger charge is 2.10. The third-order valence-corrected chi connectivity index (χ3v) is 5.68. The van der Waals surface area contributed by atoms with E-state index in [0.717, 1.165) is 25.0 Å². The number of hydrogen-bond donors (Lipinski definition) is 0. The van der Waals surface area contributed by atoms with E-state index in [2.05, 4.69) is 4.98 Å². The van der Waals surface area contributed by atoms with Crippen molar-refractivity contribution in [2.24, 2.45) is 0 Å². The fourth-order valence-electron chi connectivity index (χ4n) is 2.43. The third-order valence-electron chi connectivity index (χ3n) is 3.53. The Hall–Kier alpha value is -2.11. The summed E-state index contributed by atoms with van der Waals surface area (Å²) in [7, 11) is 0. The maximum absolute atomic E-state index is 13.7. The predicted octanol–water partition coefficient (Wildman–Crippen LogP) is 5.89. The van der Waals surface area contributed by atoms with Gasteiger partial charge >= 0.3 is 0 Å². The van der Waals surface area contributed by atoms with Gasteiger partial charge in [0.2, 0.25) is 0 Å². The molecule has 0 aliphatic heterocycles. The van der Waals surface area contributed by atoms with Gasteiger partial charge in [0.05, 0.1) is 9.71 Å². The lowest BCUT2D eigenvalue weighted by Crippen LogP contribution is -1.82. The minimum Gasteiger partial charge on any atom is -0.238 e. The number of benzene rings is 2. The van der Waals surface area contributed by atoms with Crippen molar-refractivity contribution in [3.05, 3.63) is 76.1 Å². The fourth-order valence-corrected chi connectivity index (χ4v) is 4.54. The predicted molar refractivity (Wildman–Crippen MR) is 92.1 cm³/mol. The van der Waals surface area contributed by atoms with E-state index in [1.807, 2.05) is 18.2 Å². The normalized spacial score (nSPS) is 11.2. The molecule has 23 heavy (non-hydrogen) atoms. The van der Waals surface area contributed by atoms with Gasteiger partial charge in [-0.3, -0.25) is 0 Å². The summed E-state index contributed by atoms with van der Waals surface area (Å²) in [6.45, 7) is 0. The summed E-state index contributed by atoms with van der Waals surface area (Å²) >= 11 is 3.17. The Balaban J connectivity index is 1.61. The molecule has 0 saturated heterocycles. The van der Waals surface area contributed by atoms with E-state index < -0.39 is 0 Å². The lowest BCUT2D eigenvalue weighted by molar-refractivity contribution is 0.628. The van der Waals surface area contributed by atoms with Gasteiger partial charge in [0, 0.05) is 16.2 Å². The standard InChI is InChI=1S/C18H11F2NS2/c19-12-6-4-11(5-7-12)15-9-8-13(22-15)10-17-21-18-14(20)2-1-3-16(18)23-17/h1-9H,10H2. The van der Waals surface area contributed by atoms with E-state index >= 15 is 0 Å². The molecule has 0 bridgehead atoms. The van der Waals surface area contributed by atoms with Crippen molar-refractivity contribution in [1.82, 2.24) is 4.98 Å². The van der Waals surface area contributed by atoms with Crippen LogP contribution < -0.4 is 0 Å². The second-order valence-electron chi connectivity index (χ2n) is 5.14. The van der Waals surface area contributed by atoms with E-state index in [1.165, 1.54) is 29.5 Å². The van der Waals surface area contributed by atoms with Crippen molar-refractivity contribution in [2.75, 3.05) is 0 Å². The maximum Gasteiger partial charge on any atom is 0.150 e. The maximum atomic E-state index is 13.7. The molecule has 0 spiro atoms. The van der Waals surface area contributed by atoms with E-state index in [4.69, 9.17) is 0 Å². The van der Waals surface area contributed by atoms with Crippen LogP contribution in [0.3, 0.4) is 0 Å². The van der Waals surface area contributed by atoms with Crippen LogP contribution in [0.2, 0.25) is 0 Å². The molecule has 4 aromatic rings. The molecule has 0 unspecified atom stereocenters. The van der Waals surface area contributed by atoms with Crippen molar-refractivity contribution in [3.63, 3.8) is 0 Å². The monoisotopic (exact) mass is 343 g/mol. The van der Waals surface area contributed by atoms with Gasteiger partial charge in [-0.25, -0.2) is 13.8 Å². The molecule has 2 heterocycles. The number of thiazole rings is 1. The molecule has 0 radical (unpaired) electrons. The number of para-hydroxylation sites is 1. The number of aromatic nitrogens is 1. The van der Waals surface area contributed by atoms with Crippen LogP contribution in [-0.4, -0.2) is 4.98 Å². The first kappa shape index (κ1) is 14.5. The van der Waals surface area contributed by atoms with Crippen molar-refractivity contribution >= 4 is 32.9 Å². The van der Waals surface area contributed by atoms with Gasteiger partial charge in [-0.1, -0.05) is 18.2 Å². The highest BCUT2D eigenvalue weighted by Crippen LogP contribution is 2.31. The van der Waals surface area contributed by atoms with Crippen LogP contribution in [0.5, 0.6) is 0 Å². The minimum atomic E-state index is -0.275. The van der Waals surface area contributed by atoms with Gasteiger partial charge in [0.25, 0.3) is 0 Å². The lowest BCUT2D eigenvalue weighted by atomic mass is 10.2. The first-order valence-corrected chi connectivity index (χ1v) is 8.71. The Kier molecular flexibility index (Phi) is 3.67. The van der Waals surface area contributed by atoms with E-state index in [9.17, 15) is 8.78 Å². The van der Waals surface area contributed by atoms with Gasteiger partial charge in [-0.15, -0.1) is 22.7 Å². The minimum absolute atomic E-state index is 0.234. The number of hydrogen-bond acceptors (Lipinski definition) is 3. The van der Waals surface area contributed by atoms with Crippen LogP contribution in [0.15, 0.2) is 54.6 Å². The molecule has 5 heteroatoms. The molecule has 114 valence electrons. The summed E-state index contributed by atoms with van der Waals surface area (Å²) in [6, 6.07) is 15.6. The Morgan fingerprint density at radius 1 is 0.870 bits per heavy atom. The summed E-state index contributed by atoms with van der Waals surface area (Å²) in [6.07, 6.45) is 0.685. The molecule has 0 N–H and O–H groups in total. The zero-order valence-corrected chi connectivity index (χ0v) is 13.6. The molecule has 0 saturated carbocycles. The molecule has 0 amide bonds. The lowest BCUT2D eigenvalue weighted by Gasteiger charge is -1.96. The van der Waals surface area contributed by atoms with Crippen LogP contribution in [0.1, 0.15) is 9.88 Å². The highest BCUT2D eigenvalue weighted by atomic mass is 32.1. The largest absolute Gasteiger partial charge is 0.238 e. The summed E-state index contributed by atoms with van der Waals surface area (Å²) in [5.41, 5.74) is 1.45. The molecule has 0 aliphatic carbocycles. The highest BCUT2D eigenvalue weighted by molar-refractivity contribution is 7.19. The smallest absolute Gasteiger partial charge is 0.150 e. The zero-order valence-electron chi connectivity index (χ0n) is 11.9. The summed E-state index contributed by atoms with van der Waals surface area (Å²) in [4.78, 5) is 6.65. The number of nitrogens with zero attached hydrogens (tertiary/aromatic N) is 1. The molecule has 2 aromatic carbocycles. The molecular formula is C18H11F2NS2. The van der Waals surface area contributed by atoms with Crippen molar-refractivity contribution in [1.29, 1.82) is 0 Å². The molecule has 0 aliphatic rings. The van der Waals surface area contributed by atoms with Crippen LogP contribution in [-0.2, 0) is 6.42 Å². The summed E-state index contributed by atoms with van der Waals surface area (Å²) < 4.78 is 27.6. The SMILES string of the molecule is Fc1ccc(-c2ccc(Cc3nc4c(F)cccc4s3)s2)cc1. The Bertz CT molecular complexity index is 970. The molecule has 0 fully saturated rings. The van der Waals surface area contributed by atoms with Gasteiger partial charge in [0.1, 0.15) is 17.2 Å². The van der Waals surface area contributed by atoms with E-state index in [1.54, 1.807) is 29.5 Å². The summed E-state index contributed by atoms with van der Waals surface area (Å²) in [5, 5.41) is 0.901. The van der Waals surface area contributed by atoms with Gasteiger partial charge < -0.3 is 0 Å². The molecule has 1 nitrogen and oxygen atoms in total. The van der Waals surface area contributed by atoms with E-state index in [0.29, 0.717) is 11.9 Å². The second-order valence-corrected chi connectivity index (χ2v) is 7.43. The van der Waals surface area contributed by atoms with Crippen LogP contribution in [0, 0.1) is 11.6 Å². The van der Waals surface area contributed by atoms with Gasteiger partial charge in [-0.2, -0.15) is 0 Å². The Labute approximate surface area is 139 Å². The molecule has 0 atom stereocenters. The summed E-state index contributed by atoms with van der Waals surface area (Å²) in [5.74, 6) is -0.509.